The Kier molecular flexibility index (Phi) is 7.65. The van der Waals surface area contributed by atoms with Gasteiger partial charge >= 0.3 is 7.60 Å². The smallest absolute Gasteiger partial charge is 0.357 e. The van der Waals surface area contributed by atoms with Gasteiger partial charge in [0.25, 0.3) is 0 Å². The van der Waals surface area contributed by atoms with Gasteiger partial charge in [-0.3, -0.25) is 4.57 Å². The Morgan fingerprint density at radius 3 is 2.53 bits per heavy atom. The predicted octanol–water partition coefficient (Wildman–Crippen LogP) is -0.197. The van der Waals surface area contributed by atoms with E-state index >= 15 is 0 Å². The number of anilines is 1. The molecule has 0 radical (unpaired) electrons. The van der Waals surface area contributed by atoms with E-state index in [-0.39, 0.29) is 22.5 Å². The molecule has 18 heteroatoms. The maximum absolute atomic E-state index is 12.0. The molecule has 5 atom stereocenters. The minimum absolute atomic E-state index is 0.0994. The number of nitrogens with one attached hydrogen (secondary N) is 1. The Bertz CT molecular complexity index is 1270. The van der Waals surface area contributed by atoms with Crippen LogP contribution in [0.5, 0.6) is 0 Å². The Hall–Kier alpha value is -1.49. The van der Waals surface area contributed by atoms with Crippen LogP contribution in [0.15, 0.2) is 0 Å². The third-order valence-electron chi connectivity index (χ3n) is 6.28. The Morgan fingerprint density at radius 2 is 1.92 bits per heavy atom. The monoisotopic (exact) mass is 570 g/mol. The molecule has 0 spiro atoms. The fraction of sp³-hybridized carbons (Fsp3) is 0.778. The Labute approximate surface area is 211 Å². The third kappa shape index (κ3) is 5.66. The van der Waals surface area contributed by atoms with E-state index in [0.717, 1.165) is 43.5 Å². The molecule has 2 aromatic heterocycles. The highest BCUT2D eigenvalue weighted by atomic mass is 35.5. The first-order chi connectivity index (χ1) is 16.7. The van der Waals surface area contributed by atoms with Crippen molar-refractivity contribution >= 4 is 46.0 Å². The van der Waals surface area contributed by atoms with Crippen LogP contribution in [0.1, 0.15) is 38.8 Å². The average molecular weight is 571 g/mol. The van der Waals surface area contributed by atoms with E-state index in [4.69, 9.17) is 21.1 Å². The molecule has 0 aromatic carbocycles. The van der Waals surface area contributed by atoms with Gasteiger partial charge in [-0.15, -0.1) is 5.10 Å². The van der Waals surface area contributed by atoms with Gasteiger partial charge in [0.1, 0.15) is 18.3 Å². The molecule has 2 aromatic rings. The number of hydrogen-bond acceptors (Lipinski definition) is 12. The summed E-state index contributed by atoms with van der Waals surface area (Å²) in [6, 6.07) is 0.191. The number of aliphatic hydroxyl groups is 2. The van der Waals surface area contributed by atoms with E-state index in [2.05, 4.69) is 25.6 Å². The van der Waals surface area contributed by atoms with Crippen molar-refractivity contribution in [2.75, 3.05) is 23.9 Å². The Morgan fingerprint density at radius 1 is 1.25 bits per heavy atom. The van der Waals surface area contributed by atoms with Crippen LogP contribution < -0.4 is 5.32 Å². The van der Waals surface area contributed by atoms with E-state index in [0.29, 0.717) is 5.82 Å². The van der Waals surface area contributed by atoms with Crippen LogP contribution in [0.3, 0.4) is 0 Å². The van der Waals surface area contributed by atoms with Crippen molar-refractivity contribution in [3.63, 3.8) is 0 Å². The average Bonchev–Trinajstić information content (AvgIpc) is 3.46. The molecule has 0 amide bonds. The minimum atomic E-state index is -5.06. The fourth-order valence-corrected chi connectivity index (χ4v) is 7.21. The van der Waals surface area contributed by atoms with Crippen LogP contribution >= 0.6 is 19.2 Å². The molecule has 2 aliphatic rings. The van der Waals surface area contributed by atoms with Crippen molar-refractivity contribution in [1.82, 2.24) is 25.0 Å². The maximum atomic E-state index is 12.0. The van der Waals surface area contributed by atoms with Crippen molar-refractivity contribution < 1.29 is 42.5 Å². The molecule has 15 nitrogen and oxygen atoms in total. The standard InChI is InChI=1S/C18H28ClN6O9PS/c1-18(35(28,29)30,8-36(2,31)32)33-7-10-12(26)13(27)16(34-10)25-15-11(23-24-25)14(21-17(19)22-15)20-9-5-3-4-6-9/h9-10,12-13,16,26-27H,3-8H2,1-2H3,(H,20,21,22)(H2,28,29,30)/t10-,12-,13-,16-,18?/m1/s1. The molecule has 1 aliphatic carbocycles. The van der Waals surface area contributed by atoms with Crippen LogP contribution in [-0.4, -0.2) is 102 Å². The molecule has 1 unspecified atom stereocenters. The number of fused-ring (bicyclic) bond motifs is 1. The third-order valence-corrected chi connectivity index (χ3v) is 9.25. The normalized spacial score (nSPS) is 27.5. The largest absolute Gasteiger partial charge is 0.387 e. The second-order valence-electron chi connectivity index (χ2n) is 9.32. The van der Waals surface area contributed by atoms with Crippen LogP contribution in [0.2, 0.25) is 5.28 Å². The lowest BCUT2D eigenvalue weighted by Gasteiger charge is -2.31. The summed E-state index contributed by atoms with van der Waals surface area (Å²) in [5.74, 6) is -0.604. The summed E-state index contributed by atoms with van der Waals surface area (Å²) in [6.07, 6.45) is -0.818. The zero-order chi connectivity index (χ0) is 26.5. The minimum Gasteiger partial charge on any atom is -0.387 e. The van der Waals surface area contributed by atoms with Gasteiger partial charge in [0, 0.05) is 12.3 Å². The first kappa shape index (κ1) is 27.5. The van der Waals surface area contributed by atoms with E-state index in [1.165, 1.54) is 0 Å². The quantitative estimate of drug-likeness (QED) is 0.195. The summed E-state index contributed by atoms with van der Waals surface area (Å²) in [7, 11) is -8.91. The van der Waals surface area contributed by atoms with Crippen molar-refractivity contribution in [1.29, 1.82) is 0 Å². The number of aromatic nitrogens is 5. The summed E-state index contributed by atoms with van der Waals surface area (Å²) in [4.78, 5) is 27.7. The van der Waals surface area contributed by atoms with E-state index in [1.807, 2.05) is 0 Å². The number of sulfone groups is 1. The molecular weight excluding hydrogens is 543 g/mol. The van der Waals surface area contributed by atoms with Crippen LogP contribution in [0.25, 0.3) is 11.2 Å². The van der Waals surface area contributed by atoms with Crippen LogP contribution in [0.4, 0.5) is 5.82 Å². The fourth-order valence-electron chi connectivity index (χ4n) is 4.37. The van der Waals surface area contributed by atoms with Crippen molar-refractivity contribution in [3.8, 4) is 0 Å². The van der Waals surface area contributed by atoms with Gasteiger partial charge in [0.2, 0.25) is 5.28 Å². The summed E-state index contributed by atoms with van der Waals surface area (Å²) >= 11 is 6.11. The van der Waals surface area contributed by atoms with E-state index < -0.39 is 59.7 Å². The van der Waals surface area contributed by atoms with Gasteiger partial charge in [-0.1, -0.05) is 18.1 Å². The van der Waals surface area contributed by atoms with E-state index in [1.54, 1.807) is 0 Å². The highest BCUT2D eigenvalue weighted by molar-refractivity contribution is 7.91. The maximum Gasteiger partial charge on any atom is 0.357 e. The summed E-state index contributed by atoms with van der Waals surface area (Å²) in [5.41, 5.74) is 0.406. The molecule has 3 heterocycles. The van der Waals surface area contributed by atoms with Crippen molar-refractivity contribution in [2.24, 2.45) is 0 Å². The Balaban J connectivity index is 1.56. The summed E-state index contributed by atoms with van der Waals surface area (Å²) in [5, 5.41) is 30.0. The van der Waals surface area contributed by atoms with Gasteiger partial charge in [-0.05, 0) is 31.4 Å². The number of hydrogen-bond donors (Lipinski definition) is 5. The van der Waals surface area contributed by atoms with E-state index in [9.17, 15) is 33.0 Å². The van der Waals surface area contributed by atoms with Gasteiger partial charge in [-0.2, -0.15) is 14.6 Å². The first-order valence-electron chi connectivity index (χ1n) is 11.1. The molecule has 1 aliphatic heterocycles. The molecule has 36 heavy (non-hydrogen) atoms. The van der Waals surface area contributed by atoms with Gasteiger partial charge in [0.15, 0.2) is 38.4 Å². The van der Waals surface area contributed by atoms with Crippen molar-refractivity contribution in [3.05, 3.63) is 5.28 Å². The SMILES string of the molecule is CC(CS(C)(=O)=O)(OC[C@H]1O[C@@H](n2nnc3c(NC4CCCC4)nc(Cl)nc32)[C@H](O)[C@@H]1O)P(=O)(O)O. The van der Waals surface area contributed by atoms with Crippen molar-refractivity contribution in [2.45, 2.75) is 68.5 Å². The number of ether oxygens (including phenoxy) is 2. The molecular formula is C18H28ClN6O9PS. The lowest BCUT2D eigenvalue weighted by atomic mass is 10.1. The lowest BCUT2D eigenvalue weighted by Crippen LogP contribution is -2.41. The van der Waals surface area contributed by atoms with Gasteiger partial charge < -0.3 is 34.8 Å². The molecule has 4 rings (SSSR count). The second-order valence-corrected chi connectivity index (χ2v) is 13.8. The molecule has 1 saturated heterocycles. The first-order valence-corrected chi connectivity index (χ1v) is 15.2. The highest BCUT2D eigenvalue weighted by Gasteiger charge is 2.50. The second kappa shape index (κ2) is 10.0. The summed E-state index contributed by atoms with van der Waals surface area (Å²) < 4.78 is 47.5. The molecule has 1 saturated carbocycles. The molecule has 2 fully saturated rings. The highest BCUT2D eigenvalue weighted by Crippen LogP contribution is 2.52. The van der Waals surface area contributed by atoms with Gasteiger partial charge in [-0.25, -0.2) is 8.42 Å². The topological polar surface area (TPSA) is 219 Å². The number of aliphatic hydroxyl groups excluding tert-OH is 2. The number of rotatable bonds is 9. The molecule has 202 valence electrons. The lowest BCUT2D eigenvalue weighted by molar-refractivity contribution is -0.0903. The van der Waals surface area contributed by atoms with Crippen LogP contribution in [-0.2, 0) is 23.9 Å². The van der Waals surface area contributed by atoms with Gasteiger partial charge in [0.05, 0.1) is 12.4 Å². The zero-order valence-electron chi connectivity index (χ0n) is 19.4. The number of halogens is 1. The predicted molar refractivity (Wildman–Crippen MR) is 126 cm³/mol. The number of nitrogens with zero attached hydrogens (tertiary/aromatic N) is 5. The molecule has 0 bridgehead atoms. The zero-order valence-corrected chi connectivity index (χ0v) is 21.9. The van der Waals surface area contributed by atoms with Crippen LogP contribution in [0, 0.1) is 0 Å². The summed E-state index contributed by atoms with van der Waals surface area (Å²) in [6.45, 7) is 0.315. The molecule has 5 N–H and O–H groups in total.